The third-order valence-electron chi connectivity index (χ3n) is 2.65. The van der Waals surface area contributed by atoms with Crippen molar-refractivity contribution in [1.29, 1.82) is 0 Å². The number of rotatable bonds is 8. The fourth-order valence-corrected chi connectivity index (χ4v) is 1.59. The van der Waals surface area contributed by atoms with Gasteiger partial charge in [-0.05, 0) is 45.6 Å². The summed E-state index contributed by atoms with van der Waals surface area (Å²) in [4.78, 5) is 18.1. The van der Waals surface area contributed by atoms with Crippen molar-refractivity contribution in [3.05, 3.63) is 23.9 Å². The molecule has 0 bridgehead atoms. The van der Waals surface area contributed by atoms with Crippen molar-refractivity contribution >= 4 is 11.7 Å². The van der Waals surface area contributed by atoms with E-state index in [0.29, 0.717) is 12.1 Å². The Hall–Kier alpha value is -1.62. The summed E-state index contributed by atoms with van der Waals surface area (Å²) in [7, 11) is 4.04. The molecule has 0 fully saturated rings. The molecule has 5 heteroatoms. The van der Waals surface area contributed by atoms with Crippen molar-refractivity contribution in [3.63, 3.8) is 0 Å². The summed E-state index contributed by atoms with van der Waals surface area (Å²) in [5.74, 6) is 0.749. The molecule has 0 aliphatic rings. The van der Waals surface area contributed by atoms with Gasteiger partial charge in [0.25, 0.3) is 5.91 Å². The summed E-state index contributed by atoms with van der Waals surface area (Å²) in [6, 6.07) is 3.64. The van der Waals surface area contributed by atoms with Crippen LogP contribution >= 0.6 is 0 Å². The van der Waals surface area contributed by atoms with Crippen molar-refractivity contribution < 1.29 is 4.79 Å². The van der Waals surface area contributed by atoms with E-state index in [-0.39, 0.29) is 5.91 Å². The highest BCUT2D eigenvalue weighted by Crippen LogP contribution is 2.05. The second kappa shape index (κ2) is 8.48. The Morgan fingerprint density at radius 3 is 2.68 bits per heavy atom. The molecule has 0 saturated carbocycles. The number of carbonyl (C=O) groups excluding carboxylic acids is 1. The van der Waals surface area contributed by atoms with Gasteiger partial charge in [-0.1, -0.05) is 6.92 Å². The fourth-order valence-electron chi connectivity index (χ4n) is 1.59. The van der Waals surface area contributed by atoms with Gasteiger partial charge in [0.15, 0.2) is 0 Å². The molecule has 0 spiro atoms. The first-order valence-corrected chi connectivity index (χ1v) is 6.76. The molecule has 0 unspecified atom stereocenters. The Kier molecular flexibility index (Phi) is 6.89. The van der Waals surface area contributed by atoms with E-state index in [1.54, 1.807) is 12.3 Å². The third kappa shape index (κ3) is 6.20. The molecule has 5 nitrogen and oxygen atoms in total. The van der Waals surface area contributed by atoms with E-state index >= 15 is 0 Å². The van der Waals surface area contributed by atoms with E-state index in [4.69, 9.17) is 0 Å². The highest BCUT2D eigenvalue weighted by Gasteiger charge is 2.05. The zero-order valence-corrected chi connectivity index (χ0v) is 12.1. The van der Waals surface area contributed by atoms with E-state index in [2.05, 4.69) is 27.4 Å². The standard InChI is InChI=1S/C14H24N4O/c1-4-8-15-13-7-6-12(11-17-13)14(19)16-9-5-10-18(2)3/h6-7,11H,4-5,8-10H2,1-3H3,(H,15,17)(H,16,19). The maximum absolute atomic E-state index is 11.8. The highest BCUT2D eigenvalue weighted by atomic mass is 16.1. The van der Waals surface area contributed by atoms with E-state index in [1.165, 1.54) is 0 Å². The lowest BCUT2D eigenvalue weighted by Gasteiger charge is -2.10. The van der Waals surface area contributed by atoms with Crippen LogP contribution in [0.1, 0.15) is 30.1 Å². The van der Waals surface area contributed by atoms with Gasteiger partial charge in [0.05, 0.1) is 5.56 Å². The summed E-state index contributed by atoms with van der Waals surface area (Å²) in [6.45, 7) is 4.65. The molecule has 0 saturated heterocycles. The Labute approximate surface area is 115 Å². The van der Waals surface area contributed by atoms with Gasteiger partial charge in [-0.3, -0.25) is 4.79 Å². The minimum Gasteiger partial charge on any atom is -0.370 e. The van der Waals surface area contributed by atoms with Gasteiger partial charge in [0.1, 0.15) is 5.82 Å². The van der Waals surface area contributed by atoms with Crippen molar-refractivity contribution in [2.24, 2.45) is 0 Å². The number of nitrogens with one attached hydrogen (secondary N) is 2. The van der Waals surface area contributed by atoms with Crippen LogP contribution in [0.5, 0.6) is 0 Å². The topological polar surface area (TPSA) is 57.3 Å². The predicted octanol–water partition coefficient (Wildman–Crippen LogP) is 1.58. The molecule has 1 rings (SSSR count). The number of aromatic nitrogens is 1. The minimum atomic E-state index is -0.0618. The molecular formula is C14H24N4O. The first kappa shape index (κ1) is 15.4. The number of pyridine rings is 1. The van der Waals surface area contributed by atoms with Gasteiger partial charge in [0.2, 0.25) is 0 Å². The lowest BCUT2D eigenvalue weighted by molar-refractivity contribution is 0.0952. The van der Waals surface area contributed by atoms with Crippen LogP contribution in [-0.4, -0.2) is 49.5 Å². The van der Waals surface area contributed by atoms with Crippen LogP contribution in [0.25, 0.3) is 0 Å². The molecular weight excluding hydrogens is 240 g/mol. The molecule has 0 radical (unpaired) electrons. The Balaban J connectivity index is 2.36. The van der Waals surface area contributed by atoms with Crippen LogP contribution in [-0.2, 0) is 0 Å². The first-order chi connectivity index (χ1) is 9.13. The number of nitrogens with zero attached hydrogens (tertiary/aromatic N) is 2. The lowest BCUT2D eigenvalue weighted by atomic mass is 10.2. The molecule has 1 aromatic rings. The maximum atomic E-state index is 11.8. The number of hydrogen-bond acceptors (Lipinski definition) is 4. The SMILES string of the molecule is CCCNc1ccc(C(=O)NCCCN(C)C)cn1. The van der Waals surface area contributed by atoms with Crippen LogP contribution in [0.2, 0.25) is 0 Å². The molecule has 0 aliphatic carbocycles. The average molecular weight is 264 g/mol. The van der Waals surface area contributed by atoms with Gasteiger partial charge in [-0.15, -0.1) is 0 Å². The molecule has 106 valence electrons. The van der Waals surface area contributed by atoms with Crippen LogP contribution in [0.15, 0.2) is 18.3 Å². The molecule has 0 aromatic carbocycles. The Morgan fingerprint density at radius 2 is 2.11 bits per heavy atom. The lowest BCUT2D eigenvalue weighted by Crippen LogP contribution is -2.27. The van der Waals surface area contributed by atoms with Crippen LogP contribution < -0.4 is 10.6 Å². The van der Waals surface area contributed by atoms with Crippen LogP contribution in [0, 0.1) is 0 Å². The second-order valence-corrected chi connectivity index (χ2v) is 4.77. The van der Waals surface area contributed by atoms with Crippen molar-refractivity contribution in [2.75, 3.05) is 39.0 Å². The number of amides is 1. The molecule has 1 amide bonds. The summed E-state index contributed by atoms with van der Waals surface area (Å²) >= 11 is 0. The van der Waals surface area contributed by atoms with Crippen molar-refractivity contribution in [1.82, 2.24) is 15.2 Å². The van der Waals surface area contributed by atoms with Crippen LogP contribution in [0.4, 0.5) is 5.82 Å². The third-order valence-corrected chi connectivity index (χ3v) is 2.65. The summed E-state index contributed by atoms with van der Waals surface area (Å²) in [6.07, 6.45) is 3.61. The smallest absolute Gasteiger partial charge is 0.252 e. The largest absolute Gasteiger partial charge is 0.370 e. The zero-order valence-electron chi connectivity index (χ0n) is 12.1. The number of carbonyl (C=O) groups is 1. The van der Waals surface area contributed by atoms with Gasteiger partial charge in [0, 0.05) is 19.3 Å². The Bertz CT molecular complexity index is 376. The van der Waals surface area contributed by atoms with E-state index in [9.17, 15) is 4.79 Å². The summed E-state index contributed by atoms with van der Waals surface area (Å²) < 4.78 is 0. The van der Waals surface area contributed by atoms with Gasteiger partial charge in [-0.25, -0.2) is 4.98 Å². The van der Waals surface area contributed by atoms with E-state index in [0.717, 1.165) is 31.7 Å². The normalized spacial score (nSPS) is 10.5. The predicted molar refractivity (Wildman–Crippen MR) is 78.5 cm³/mol. The van der Waals surface area contributed by atoms with Crippen molar-refractivity contribution in [2.45, 2.75) is 19.8 Å². The number of hydrogen-bond donors (Lipinski definition) is 2. The first-order valence-electron chi connectivity index (χ1n) is 6.76. The molecule has 0 aliphatic heterocycles. The van der Waals surface area contributed by atoms with Gasteiger partial charge >= 0.3 is 0 Å². The zero-order chi connectivity index (χ0) is 14.1. The Morgan fingerprint density at radius 1 is 1.32 bits per heavy atom. The van der Waals surface area contributed by atoms with Gasteiger partial charge in [-0.2, -0.15) is 0 Å². The monoisotopic (exact) mass is 264 g/mol. The summed E-state index contributed by atoms with van der Waals surface area (Å²) in [5, 5.41) is 6.07. The molecule has 1 aromatic heterocycles. The fraction of sp³-hybridized carbons (Fsp3) is 0.571. The molecule has 1 heterocycles. The molecule has 2 N–H and O–H groups in total. The quantitative estimate of drug-likeness (QED) is 0.700. The average Bonchev–Trinajstić information content (AvgIpc) is 2.41. The van der Waals surface area contributed by atoms with E-state index in [1.807, 2.05) is 20.2 Å². The van der Waals surface area contributed by atoms with Crippen LogP contribution in [0.3, 0.4) is 0 Å². The second-order valence-electron chi connectivity index (χ2n) is 4.77. The number of anilines is 1. The molecule has 19 heavy (non-hydrogen) atoms. The maximum Gasteiger partial charge on any atom is 0.252 e. The summed E-state index contributed by atoms with van der Waals surface area (Å²) in [5.41, 5.74) is 0.604. The van der Waals surface area contributed by atoms with Gasteiger partial charge < -0.3 is 15.5 Å². The molecule has 0 atom stereocenters. The highest BCUT2D eigenvalue weighted by molar-refractivity contribution is 5.93. The van der Waals surface area contributed by atoms with E-state index < -0.39 is 0 Å². The van der Waals surface area contributed by atoms with Crippen molar-refractivity contribution in [3.8, 4) is 0 Å². The minimum absolute atomic E-state index is 0.0618.